The molecule has 96 valence electrons. The summed E-state index contributed by atoms with van der Waals surface area (Å²) in [5.41, 5.74) is -0.421. The summed E-state index contributed by atoms with van der Waals surface area (Å²) in [5, 5.41) is 13.3. The van der Waals surface area contributed by atoms with E-state index in [4.69, 9.17) is 0 Å². The maximum absolute atomic E-state index is 9.86. The topological polar surface area (TPSA) is 35.5 Å². The lowest BCUT2D eigenvalue weighted by atomic mass is 9.93. The molecule has 1 unspecified atom stereocenters. The second-order valence-corrected chi connectivity index (χ2v) is 5.97. The fourth-order valence-electron chi connectivity index (χ4n) is 2.16. The van der Waals surface area contributed by atoms with Crippen molar-refractivity contribution in [2.75, 3.05) is 26.2 Å². The van der Waals surface area contributed by atoms with Crippen molar-refractivity contribution in [1.82, 2.24) is 10.2 Å². The van der Waals surface area contributed by atoms with E-state index in [1.165, 1.54) is 0 Å². The number of hydrogen-bond donors (Lipinski definition) is 2. The molecule has 0 aliphatic carbocycles. The van der Waals surface area contributed by atoms with E-state index < -0.39 is 5.60 Å². The van der Waals surface area contributed by atoms with Gasteiger partial charge in [0, 0.05) is 25.7 Å². The Morgan fingerprint density at radius 2 is 1.81 bits per heavy atom. The molecule has 0 saturated carbocycles. The highest BCUT2D eigenvalue weighted by molar-refractivity contribution is 4.82. The second-order valence-electron chi connectivity index (χ2n) is 5.97. The number of nitrogens with zero attached hydrogens (tertiary/aromatic N) is 1. The summed E-state index contributed by atoms with van der Waals surface area (Å²) in [7, 11) is 0. The summed E-state index contributed by atoms with van der Waals surface area (Å²) in [6.45, 7) is 12.9. The lowest BCUT2D eigenvalue weighted by Gasteiger charge is -2.37. The van der Waals surface area contributed by atoms with Gasteiger partial charge in [-0.3, -0.25) is 0 Å². The Balaban J connectivity index is 2.18. The highest BCUT2D eigenvalue weighted by Crippen LogP contribution is 2.21. The molecular weight excluding hydrogens is 200 g/mol. The quantitative estimate of drug-likeness (QED) is 0.748. The molecule has 0 aromatic rings. The molecule has 16 heavy (non-hydrogen) atoms. The Bertz CT molecular complexity index is 194. The molecule has 0 aromatic heterocycles. The van der Waals surface area contributed by atoms with Gasteiger partial charge in [-0.15, -0.1) is 0 Å². The highest BCUT2D eigenvalue weighted by Gasteiger charge is 2.27. The molecule has 1 rings (SSSR count). The number of aliphatic hydroxyl groups is 1. The number of rotatable bonds is 5. The average molecular weight is 228 g/mol. The van der Waals surface area contributed by atoms with Crippen LogP contribution in [-0.2, 0) is 0 Å². The SMILES string of the molecule is CC(CNC(C)C)CN1CCC(C)(O)CC1. The van der Waals surface area contributed by atoms with Crippen molar-refractivity contribution in [3.63, 3.8) is 0 Å². The average Bonchev–Trinajstić information content (AvgIpc) is 2.18. The number of piperidine rings is 1. The zero-order chi connectivity index (χ0) is 12.2. The van der Waals surface area contributed by atoms with Crippen LogP contribution in [0.4, 0.5) is 0 Å². The van der Waals surface area contributed by atoms with Crippen molar-refractivity contribution in [3.8, 4) is 0 Å². The van der Waals surface area contributed by atoms with Crippen molar-refractivity contribution in [2.24, 2.45) is 5.92 Å². The van der Waals surface area contributed by atoms with E-state index in [1.54, 1.807) is 0 Å². The zero-order valence-corrected chi connectivity index (χ0v) is 11.3. The van der Waals surface area contributed by atoms with Gasteiger partial charge in [0.2, 0.25) is 0 Å². The van der Waals surface area contributed by atoms with Gasteiger partial charge >= 0.3 is 0 Å². The Kier molecular flexibility index (Phi) is 5.22. The van der Waals surface area contributed by atoms with Crippen LogP contribution in [-0.4, -0.2) is 47.8 Å². The molecule has 1 fully saturated rings. The molecule has 0 amide bonds. The van der Waals surface area contributed by atoms with Gasteiger partial charge in [-0.1, -0.05) is 20.8 Å². The Morgan fingerprint density at radius 1 is 1.25 bits per heavy atom. The lowest BCUT2D eigenvalue weighted by molar-refractivity contribution is -0.00818. The van der Waals surface area contributed by atoms with E-state index in [-0.39, 0.29) is 0 Å². The zero-order valence-electron chi connectivity index (χ0n) is 11.3. The normalized spacial score (nSPS) is 23.6. The predicted molar refractivity (Wildman–Crippen MR) is 68.6 cm³/mol. The Hall–Kier alpha value is -0.120. The van der Waals surface area contributed by atoms with Crippen molar-refractivity contribution in [3.05, 3.63) is 0 Å². The van der Waals surface area contributed by atoms with Gasteiger partial charge in [0.05, 0.1) is 5.60 Å². The standard InChI is InChI=1S/C13H28N2O/c1-11(2)14-9-12(3)10-15-7-5-13(4,16)6-8-15/h11-12,14,16H,5-10H2,1-4H3. The molecule has 0 bridgehead atoms. The Morgan fingerprint density at radius 3 is 2.31 bits per heavy atom. The summed E-state index contributed by atoms with van der Waals surface area (Å²) in [6.07, 6.45) is 1.83. The molecule has 3 heteroatoms. The first-order valence-corrected chi connectivity index (χ1v) is 6.57. The molecule has 0 spiro atoms. The van der Waals surface area contributed by atoms with Crippen LogP contribution in [0.3, 0.4) is 0 Å². The molecule has 3 nitrogen and oxygen atoms in total. The van der Waals surface area contributed by atoms with Crippen molar-refractivity contribution < 1.29 is 5.11 Å². The van der Waals surface area contributed by atoms with Crippen LogP contribution in [0.15, 0.2) is 0 Å². The number of nitrogens with one attached hydrogen (secondary N) is 1. The molecular formula is C13H28N2O. The van der Waals surface area contributed by atoms with Crippen molar-refractivity contribution >= 4 is 0 Å². The third-order valence-corrected chi connectivity index (χ3v) is 3.38. The molecule has 0 radical (unpaired) electrons. The molecule has 2 N–H and O–H groups in total. The van der Waals surface area contributed by atoms with E-state index in [9.17, 15) is 5.11 Å². The molecule has 1 aliphatic rings. The van der Waals surface area contributed by atoms with Gasteiger partial charge in [-0.2, -0.15) is 0 Å². The second kappa shape index (κ2) is 5.99. The van der Waals surface area contributed by atoms with Crippen molar-refractivity contribution in [2.45, 2.75) is 52.2 Å². The largest absolute Gasteiger partial charge is 0.390 e. The fourth-order valence-corrected chi connectivity index (χ4v) is 2.16. The van der Waals surface area contributed by atoms with Crippen LogP contribution in [0.2, 0.25) is 0 Å². The maximum atomic E-state index is 9.86. The minimum Gasteiger partial charge on any atom is -0.390 e. The van der Waals surface area contributed by atoms with Gasteiger partial charge < -0.3 is 15.3 Å². The van der Waals surface area contributed by atoms with Gasteiger partial charge in [0.25, 0.3) is 0 Å². The van der Waals surface area contributed by atoms with Gasteiger partial charge in [-0.05, 0) is 32.2 Å². The first-order chi connectivity index (χ1) is 7.39. The summed E-state index contributed by atoms with van der Waals surface area (Å²) in [5.74, 6) is 0.686. The van der Waals surface area contributed by atoms with E-state index in [0.29, 0.717) is 12.0 Å². The summed E-state index contributed by atoms with van der Waals surface area (Å²) in [6, 6.07) is 0.574. The van der Waals surface area contributed by atoms with Crippen molar-refractivity contribution in [1.29, 1.82) is 0 Å². The highest BCUT2D eigenvalue weighted by atomic mass is 16.3. The van der Waals surface area contributed by atoms with Crippen LogP contribution in [0.1, 0.15) is 40.5 Å². The van der Waals surface area contributed by atoms with E-state index in [0.717, 1.165) is 39.0 Å². The van der Waals surface area contributed by atoms with Gasteiger partial charge in [-0.25, -0.2) is 0 Å². The van der Waals surface area contributed by atoms with Crippen LogP contribution >= 0.6 is 0 Å². The molecule has 1 aliphatic heterocycles. The summed E-state index contributed by atoms with van der Waals surface area (Å²) in [4.78, 5) is 2.48. The van der Waals surface area contributed by atoms with E-state index in [2.05, 4.69) is 31.0 Å². The molecule has 1 heterocycles. The Labute approximate surface area is 100 Å². The molecule has 0 aromatic carbocycles. The third-order valence-electron chi connectivity index (χ3n) is 3.38. The fraction of sp³-hybridized carbons (Fsp3) is 1.00. The van der Waals surface area contributed by atoms with Gasteiger partial charge in [0.15, 0.2) is 0 Å². The minimum absolute atomic E-state index is 0.421. The summed E-state index contributed by atoms with van der Waals surface area (Å²) >= 11 is 0. The predicted octanol–water partition coefficient (Wildman–Crippen LogP) is 1.47. The first-order valence-electron chi connectivity index (χ1n) is 6.57. The first kappa shape index (κ1) is 13.9. The molecule has 1 atom stereocenters. The smallest absolute Gasteiger partial charge is 0.0644 e. The van der Waals surface area contributed by atoms with Gasteiger partial charge in [0.1, 0.15) is 0 Å². The third kappa shape index (κ3) is 5.28. The monoisotopic (exact) mass is 228 g/mol. The molecule has 1 saturated heterocycles. The van der Waals surface area contributed by atoms with Crippen LogP contribution < -0.4 is 5.32 Å². The van der Waals surface area contributed by atoms with Crippen LogP contribution in [0.25, 0.3) is 0 Å². The number of likely N-dealkylation sites (tertiary alicyclic amines) is 1. The number of hydrogen-bond acceptors (Lipinski definition) is 3. The van der Waals surface area contributed by atoms with E-state index >= 15 is 0 Å². The lowest BCUT2D eigenvalue weighted by Crippen LogP contribution is -2.45. The van der Waals surface area contributed by atoms with Crippen LogP contribution in [0, 0.1) is 5.92 Å². The maximum Gasteiger partial charge on any atom is 0.0644 e. The summed E-state index contributed by atoms with van der Waals surface area (Å²) < 4.78 is 0. The van der Waals surface area contributed by atoms with Crippen LogP contribution in [0.5, 0.6) is 0 Å². The minimum atomic E-state index is -0.421. The van der Waals surface area contributed by atoms with E-state index in [1.807, 2.05) is 6.92 Å².